The van der Waals surface area contributed by atoms with Crippen LogP contribution >= 0.6 is 0 Å². The minimum Gasteiger partial charge on any atom is -0.491 e. The van der Waals surface area contributed by atoms with Crippen LogP contribution in [0.1, 0.15) is 33.3 Å². The van der Waals surface area contributed by atoms with Gasteiger partial charge < -0.3 is 14.6 Å². The van der Waals surface area contributed by atoms with Crippen molar-refractivity contribution in [3.05, 3.63) is 29.8 Å². The molecule has 0 bridgehead atoms. The Morgan fingerprint density at radius 1 is 1.11 bits per heavy atom. The lowest BCUT2D eigenvalue weighted by Gasteiger charge is -2.32. The Balaban J connectivity index is 2.94. The van der Waals surface area contributed by atoms with Gasteiger partial charge in [0, 0.05) is 7.11 Å². The summed E-state index contributed by atoms with van der Waals surface area (Å²) in [5, 5.41) is 10.7. The largest absolute Gasteiger partial charge is 0.491 e. The average molecular weight is 252 g/mol. The van der Waals surface area contributed by atoms with Crippen molar-refractivity contribution in [3.8, 4) is 5.75 Å². The van der Waals surface area contributed by atoms with E-state index in [0.29, 0.717) is 0 Å². The highest BCUT2D eigenvalue weighted by molar-refractivity contribution is 5.31. The number of ether oxygens (including phenoxy) is 2. The third-order valence-electron chi connectivity index (χ3n) is 3.05. The first kappa shape index (κ1) is 15.0. The zero-order chi connectivity index (χ0) is 13.8. The molecule has 0 heterocycles. The van der Waals surface area contributed by atoms with Gasteiger partial charge in [-0.2, -0.15) is 0 Å². The summed E-state index contributed by atoms with van der Waals surface area (Å²) in [6.07, 6.45) is 0.152. The highest BCUT2D eigenvalue weighted by Crippen LogP contribution is 2.31. The fraction of sp³-hybridized carbons (Fsp3) is 0.600. The molecular formula is C15H24O3. The Morgan fingerprint density at radius 3 is 2.06 bits per heavy atom. The number of aliphatic hydroxyl groups is 1. The van der Waals surface area contributed by atoms with Crippen molar-refractivity contribution in [1.82, 2.24) is 0 Å². The van der Waals surface area contributed by atoms with Crippen LogP contribution in [0.2, 0.25) is 0 Å². The normalized spacial score (nSPS) is 14.9. The molecule has 0 saturated heterocycles. The van der Waals surface area contributed by atoms with Gasteiger partial charge in [0.1, 0.15) is 11.4 Å². The van der Waals surface area contributed by atoms with E-state index in [4.69, 9.17) is 9.47 Å². The van der Waals surface area contributed by atoms with Gasteiger partial charge in [-0.3, -0.25) is 0 Å². The van der Waals surface area contributed by atoms with E-state index in [1.165, 1.54) is 0 Å². The van der Waals surface area contributed by atoms with Crippen molar-refractivity contribution in [3.63, 3.8) is 0 Å². The van der Waals surface area contributed by atoms with Gasteiger partial charge in [-0.15, -0.1) is 0 Å². The van der Waals surface area contributed by atoms with E-state index < -0.39 is 5.60 Å². The minimum atomic E-state index is -0.953. The topological polar surface area (TPSA) is 38.7 Å². The van der Waals surface area contributed by atoms with Gasteiger partial charge in [-0.25, -0.2) is 0 Å². The smallest absolute Gasteiger partial charge is 0.119 e. The second-order valence-electron chi connectivity index (χ2n) is 5.20. The monoisotopic (exact) mass is 252 g/mol. The molecule has 1 unspecified atom stereocenters. The molecule has 0 aromatic heterocycles. The molecule has 1 aromatic rings. The summed E-state index contributed by atoms with van der Waals surface area (Å²) in [7, 11) is 1.60. The van der Waals surface area contributed by atoms with Crippen LogP contribution in [-0.4, -0.2) is 24.9 Å². The molecule has 3 heteroatoms. The van der Waals surface area contributed by atoms with Crippen LogP contribution in [-0.2, 0) is 10.3 Å². The molecule has 1 N–H and O–H groups in total. The van der Waals surface area contributed by atoms with E-state index in [-0.39, 0.29) is 18.6 Å². The zero-order valence-electron chi connectivity index (χ0n) is 11.9. The summed E-state index contributed by atoms with van der Waals surface area (Å²) < 4.78 is 10.7. The molecule has 1 aromatic carbocycles. The number of rotatable bonds is 6. The first-order valence-corrected chi connectivity index (χ1v) is 6.38. The predicted molar refractivity (Wildman–Crippen MR) is 72.8 cm³/mol. The fourth-order valence-electron chi connectivity index (χ4n) is 1.90. The van der Waals surface area contributed by atoms with Crippen LogP contribution < -0.4 is 4.74 Å². The molecule has 1 rings (SSSR count). The molecule has 18 heavy (non-hydrogen) atoms. The fourth-order valence-corrected chi connectivity index (χ4v) is 1.90. The molecule has 0 aliphatic heterocycles. The Hall–Kier alpha value is -1.06. The third-order valence-corrected chi connectivity index (χ3v) is 3.05. The van der Waals surface area contributed by atoms with Gasteiger partial charge in [0.2, 0.25) is 0 Å². The number of methoxy groups -OCH3 is 1. The molecule has 0 radical (unpaired) electrons. The van der Waals surface area contributed by atoms with E-state index in [0.717, 1.165) is 11.3 Å². The van der Waals surface area contributed by atoms with Gasteiger partial charge in [-0.05, 0) is 37.5 Å². The highest BCUT2D eigenvalue weighted by Gasteiger charge is 2.33. The lowest BCUT2D eigenvalue weighted by molar-refractivity contribution is -0.0700. The van der Waals surface area contributed by atoms with Gasteiger partial charge in [0.15, 0.2) is 0 Å². The van der Waals surface area contributed by atoms with Gasteiger partial charge >= 0.3 is 0 Å². The van der Waals surface area contributed by atoms with Crippen LogP contribution in [0.3, 0.4) is 0 Å². The van der Waals surface area contributed by atoms with Gasteiger partial charge in [0.05, 0.1) is 12.7 Å². The molecule has 3 nitrogen and oxygen atoms in total. The van der Waals surface area contributed by atoms with Crippen molar-refractivity contribution in [2.24, 2.45) is 5.92 Å². The predicted octanol–water partition coefficient (Wildman–Crippen LogP) is 2.96. The van der Waals surface area contributed by atoms with Crippen LogP contribution in [0.5, 0.6) is 5.75 Å². The zero-order valence-corrected chi connectivity index (χ0v) is 11.9. The van der Waals surface area contributed by atoms with Crippen LogP contribution in [0.4, 0.5) is 0 Å². The Morgan fingerprint density at radius 2 is 1.67 bits per heavy atom. The molecule has 1 atom stereocenters. The Labute approximate surface area is 110 Å². The molecule has 0 aliphatic rings. The molecule has 0 fully saturated rings. The highest BCUT2D eigenvalue weighted by atomic mass is 16.5. The number of hydrogen-bond acceptors (Lipinski definition) is 3. The van der Waals surface area contributed by atoms with E-state index >= 15 is 0 Å². The molecule has 0 aliphatic carbocycles. The van der Waals surface area contributed by atoms with E-state index in [1.807, 2.05) is 52.0 Å². The first-order chi connectivity index (χ1) is 8.40. The lowest BCUT2D eigenvalue weighted by Crippen LogP contribution is -2.36. The number of benzene rings is 1. The second-order valence-corrected chi connectivity index (χ2v) is 5.20. The molecule has 0 saturated carbocycles. The van der Waals surface area contributed by atoms with Crippen LogP contribution in [0.15, 0.2) is 24.3 Å². The first-order valence-electron chi connectivity index (χ1n) is 6.38. The van der Waals surface area contributed by atoms with Gasteiger partial charge in [0.25, 0.3) is 0 Å². The maximum absolute atomic E-state index is 10.7. The van der Waals surface area contributed by atoms with E-state index in [9.17, 15) is 5.11 Å². The lowest BCUT2D eigenvalue weighted by atomic mass is 9.84. The second kappa shape index (κ2) is 6.21. The molecule has 102 valence electrons. The summed E-state index contributed by atoms with van der Waals surface area (Å²) in [4.78, 5) is 0. The van der Waals surface area contributed by atoms with Crippen molar-refractivity contribution in [1.29, 1.82) is 0 Å². The molecule has 0 spiro atoms. The Bertz CT molecular complexity index is 357. The number of hydrogen-bond donors (Lipinski definition) is 1. The Kier molecular flexibility index (Phi) is 5.17. The quantitative estimate of drug-likeness (QED) is 0.846. The standard InChI is InChI=1S/C15H24O3/c1-11(2)15(16,10-17-5)13-6-8-14(9-7-13)18-12(3)4/h6-9,11-12,16H,10H2,1-5H3. The summed E-state index contributed by atoms with van der Waals surface area (Å²) in [5.74, 6) is 0.895. The van der Waals surface area contributed by atoms with Crippen molar-refractivity contribution in [2.75, 3.05) is 13.7 Å². The summed E-state index contributed by atoms with van der Waals surface area (Å²) >= 11 is 0. The summed E-state index contributed by atoms with van der Waals surface area (Å²) in [5.41, 5.74) is -0.0964. The van der Waals surface area contributed by atoms with E-state index in [1.54, 1.807) is 7.11 Å². The van der Waals surface area contributed by atoms with Crippen LogP contribution in [0.25, 0.3) is 0 Å². The van der Waals surface area contributed by atoms with Crippen molar-refractivity contribution < 1.29 is 14.6 Å². The summed E-state index contributed by atoms with van der Waals surface area (Å²) in [6, 6.07) is 7.57. The molecule has 0 amide bonds. The van der Waals surface area contributed by atoms with Crippen molar-refractivity contribution in [2.45, 2.75) is 39.4 Å². The SMILES string of the molecule is COCC(O)(c1ccc(OC(C)C)cc1)C(C)C. The van der Waals surface area contributed by atoms with Gasteiger partial charge in [-0.1, -0.05) is 26.0 Å². The van der Waals surface area contributed by atoms with Crippen LogP contribution in [0, 0.1) is 5.92 Å². The summed E-state index contributed by atoms with van der Waals surface area (Å²) in [6.45, 7) is 8.23. The third kappa shape index (κ3) is 3.47. The maximum atomic E-state index is 10.7. The van der Waals surface area contributed by atoms with Crippen molar-refractivity contribution >= 4 is 0 Å². The maximum Gasteiger partial charge on any atom is 0.119 e. The minimum absolute atomic E-state index is 0.0781. The molecular weight excluding hydrogens is 228 g/mol. The average Bonchev–Trinajstić information content (AvgIpc) is 2.29. The van der Waals surface area contributed by atoms with E-state index in [2.05, 4.69) is 0 Å².